The van der Waals surface area contributed by atoms with Crippen molar-refractivity contribution >= 4 is 36.9 Å². The van der Waals surface area contributed by atoms with Crippen LogP contribution in [0, 0.1) is 0 Å². The Bertz CT molecular complexity index is 273. The lowest BCUT2D eigenvalue weighted by Crippen LogP contribution is -2.76. The fraction of sp³-hybridized carbons (Fsp3) is 0.750. The van der Waals surface area contributed by atoms with Gasteiger partial charge in [-0.25, -0.2) is 5.06 Å². The van der Waals surface area contributed by atoms with Crippen LogP contribution in [-0.2, 0) is 14.4 Å². The maximum Gasteiger partial charge on any atom is 0.271 e. The van der Waals surface area contributed by atoms with E-state index in [1.807, 2.05) is 0 Å². The molecule has 5 nitrogen and oxygen atoms in total. The molecule has 0 aromatic heterocycles. The first-order chi connectivity index (χ1) is 6.41. The van der Waals surface area contributed by atoms with Crippen molar-refractivity contribution in [3.63, 3.8) is 0 Å². The Morgan fingerprint density at radius 3 is 2.53 bits per heavy atom. The van der Waals surface area contributed by atoms with E-state index in [2.05, 4.69) is 5.32 Å². The van der Waals surface area contributed by atoms with Crippen molar-refractivity contribution < 1.29 is 14.4 Å². The lowest BCUT2D eigenvalue weighted by Gasteiger charge is -2.51. The summed E-state index contributed by atoms with van der Waals surface area (Å²) in [5.74, 6) is -0.507. The number of hydroxylamine groups is 2. The Morgan fingerprint density at radius 2 is 2.20 bits per heavy atom. The van der Waals surface area contributed by atoms with Gasteiger partial charge in [-0.3, -0.25) is 14.4 Å². The molecule has 1 aliphatic heterocycles. The summed E-state index contributed by atoms with van der Waals surface area (Å²) in [7, 11) is 0. The van der Waals surface area contributed by atoms with Crippen molar-refractivity contribution in [1.82, 2.24) is 10.4 Å². The van der Waals surface area contributed by atoms with Crippen molar-refractivity contribution in [2.45, 2.75) is 32.4 Å². The SMILES string of the molecule is CC(=O)N[C@@H]1C(=O)N(OCCl)C1(C)C.S. The smallest absolute Gasteiger partial charge is 0.271 e. The number of halogens is 1. The third-order valence-corrected chi connectivity index (χ3v) is 2.30. The highest BCUT2D eigenvalue weighted by Gasteiger charge is 2.55. The number of nitrogens with zero attached hydrogens (tertiary/aromatic N) is 1. The van der Waals surface area contributed by atoms with Gasteiger partial charge in [0.25, 0.3) is 5.91 Å². The van der Waals surface area contributed by atoms with E-state index < -0.39 is 11.6 Å². The van der Waals surface area contributed by atoms with Gasteiger partial charge in [0.2, 0.25) is 5.91 Å². The molecular formula is C8H15ClN2O3S. The van der Waals surface area contributed by atoms with Gasteiger partial charge in [-0.05, 0) is 13.8 Å². The molecule has 0 aromatic rings. The predicted octanol–water partition coefficient (Wildman–Crippen LogP) is 0.353. The molecule has 2 amide bonds. The van der Waals surface area contributed by atoms with Gasteiger partial charge in [-0.2, -0.15) is 13.5 Å². The Balaban J connectivity index is 0.00000196. The summed E-state index contributed by atoms with van der Waals surface area (Å²) in [5, 5.41) is 3.74. The molecule has 1 rings (SSSR count). The molecule has 15 heavy (non-hydrogen) atoms. The highest BCUT2D eigenvalue weighted by Crippen LogP contribution is 2.31. The van der Waals surface area contributed by atoms with Crippen LogP contribution < -0.4 is 5.32 Å². The molecule has 1 heterocycles. The van der Waals surface area contributed by atoms with Crippen molar-refractivity contribution in [2.24, 2.45) is 0 Å². The summed E-state index contributed by atoms with van der Waals surface area (Å²) < 4.78 is 0. The minimum atomic E-state index is -0.544. The standard InChI is InChI=1S/C8H13ClN2O3.H2S/c1-5(12)10-6-7(13)11(14-4-9)8(6,2)3;/h6H,4H2,1-3H3,(H,10,12);1H2/t6-;/m1./s1. The van der Waals surface area contributed by atoms with E-state index in [1.165, 1.54) is 12.0 Å². The zero-order valence-corrected chi connectivity index (χ0v) is 10.6. The fourth-order valence-corrected chi connectivity index (χ4v) is 1.57. The average molecular weight is 255 g/mol. The molecule has 0 aliphatic carbocycles. The van der Waals surface area contributed by atoms with Gasteiger partial charge in [0.1, 0.15) is 12.1 Å². The number of β-lactam (4-membered cyclic amide) rings is 1. The van der Waals surface area contributed by atoms with Crippen LogP contribution in [0.25, 0.3) is 0 Å². The molecule has 88 valence electrons. The Hall–Kier alpha value is -0.460. The molecule has 0 saturated carbocycles. The molecule has 0 spiro atoms. The molecule has 0 unspecified atom stereocenters. The second kappa shape index (κ2) is 5.05. The molecule has 1 saturated heterocycles. The van der Waals surface area contributed by atoms with Crippen LogP contribution in [0.4, 0.5) is 0 Å². The number of alkyl halides is 1. The highest BCUT2D eigenvalue weighted by molar-refractivity contribution is 7.59. The van der Waals surface area contributed by atoms with Crippen molar-refractivity contribution in [1.29, 1.82) is 0 Å². The molecule has 0 aromatic carbocycles. The number of hydrogen-bond donors (Lipinski definition) is 1. The molecule has 0 radical (unpaired) electrons. The lowest BCUT2D eigenvalue weighted by molar-refractivity contribution is -0.249. The molecule has 1 fully saturated rings. The summed E-state index contributed by atoms with van der Waals surface area (Å²) in [4.78, 5) is 27.1. The van der Waals surface area contributed by atoms with Crippen molar-refractivity contribution in [3.8, 4) is 0 Å². The average Bonchev–Trinajstić information content (AvgIpc) is 2.09. The second-order valence-corrected chi connectivity index (χ2v) is 3.88. The van der Waals surface area contributed by atoms with Crippen molar-refractivity contribution in [3.05, 3.63) is 0 Å². The number of hydrogen-bond acceptors (Lipinski definition) is 3. The highest BCUT2D eigenvalue weighted by atomic mass is 35.5. The third-order valence-electron chi connectivity index (χ3n) is 2.20. The first-order valence-corrected chi connectivity index (χ1v) is 4.74. The number of nitrogens with one attached hydrogen (secondary N) is 1. The summed E-state index contributed by atoms with van der Waals surface area (Å²) in [6.07, 6.45) is 0. The monoisotopic (exact) mass is 254 g/mol. The molecule has 1 aliphatic rings. The van der Waals surface area contributed by atoms with Crippen LogP contribution in [0.1, 0.15) is 20.8 Å². The molecule has 1 atom stereocenters. The van der Waals surface area contributed by atoms with E-state index in [0.29, 0.717) is 0 Å². The first-order valence-electron chi connectivity index (χ1n) is 4.21. The number of rotatable bonds is 3. The zero-order chi connectivity index (χ0) is 10.9. The minimum absolute atomic E-state index is 0. The van der Waals surface area contributed by atoms with Crippen LogP contribution in [0.5, 0.6) is 0 Å². The van der Waals surface area contributed by atoms with Crippen LogP contribution in [0.15, 0.2) is 0 Å². The van der Waals surface area contributed by atoms with Gasteiger partial charge in [0.15, 0.2) is 0 Å². The largest absolute Gasteiger partial charge is 0.342 e. The molecular weight excluding hydrogens is 240 g/mol. The van der Waals surface area contributed by atoms with Gasteiger partial charge in [-0.15, -0.1) is 0 Å². The van der Waals surface area contributed by atoms with Crippen LogP contribution in [-0.4, -0.2) is 34.5 Å². The predicted molar refractivity (Wildman–Crippen MR) is 60.7 cm³/mol. The van der Waals surface area contributed by atoms with Gasteiger partial charge in [0.05, 0.1) is 5.54 Å². The van der Waals surface area contributed by atoms with Gasteiger partial charge >= 0.3 is 0 Å². The maximum absolute atomic E-state index is 11.4. The quantitative estimate of drug-likeness (QED) is 0.584. The Morgan fingerprint density at radius 1 is 1.67 bits per heavy atom. The van der Waals surface area contributed by atoms with E-state index in [1.54, 1.807) is 13.8 Å². The number of carbonyl (C=O) groups excluding carboxylic acids is 2. The number of carbonyl (C=O) groups is 2. The van der Waals surface area contributed by atoms with E-state index in [4.69, 9.17) is 16.4 Å². The van der Waals surface area contributed by atoms with Gasteiger partial charge < -0.3 is 5.32 Å². The van der Waals surface area contributed by atoms with E-state index in [-0.39, 0.29) is 31.4 Å². The summed E-state index contributed by atoms with van der Waals surface area (Å²) >= 11 is 5.35. The zero-order valence-electron chi connectivity index (χ0n) is 8.83. The van der Waals surface area contributed by atoms with Crippen LogP contribution >= 0.6 is 25.1 Å². The fourth-order valence-electron chi connectivity index (χ4n) is 1.47. The lowest BCUT2D eigenvalue weighted by atomic mass is 9.84. The summed E-state index contributed by atoms with van der Waals surface area (Å²) in [5.41, 5.74) is -0.544. The van der Waals surface area contributed by atoms with E-state index in [0.717, 1.165) is 0 Å². The Kier molecular flexibility index (Phi) is 4.89. The molecule has 1 N–H and O–H groups in total. The van der Waals surface area contributed by atoms with E-state index >= 15 is 0 Å². The van der Waals surface area contributed by atoms with Crippen molar-refractivity contribution in [2.75, 3.05) is 6.07 Å². The molecule has 7 heteroatoms. The normalized spacial score (nSPS) is 22.8. The van der Waals surface area contributed by atoms with Gasteiger partial charge in [0, 0.05) is 6.92 Å². The van der Waals surface area contributed by atoms with Gasteiger partial charge in [-0.1, -0.05) is 11.6 Å². The molecule has 0 bridgehead atoms. The van der Waals surface area contributed by atoms with E-state index in [9.17, 15) is 9.59 Å². The minimum Gasteiger partial charge on any atom is -0.342 e. The third kappa shape index (κ3) is 2.56. The topological polar surface area (TPSA) is 58.6 Å². The van der Waals surface area contributed by atoms with Crippen LogP contribution in [0.2, 0.25) is 0 Å². The van der Waals surface area contributed by atoms with Crippen LogP contribution in [0.3, 0.4) is 0 Å². The maximum atomic E-state index is 11.4. The second-order valence-electron chi connectivity index (χ2n) is 3.66. The summed E-state index contributed by atoms with van der Waals surface area (Å²) in [6, 6.07) is -0.606. The number of amides is 2. The summed E-state index contributed by atoms with van der Waals surface area (Å²) in [6.45, 7) is 4.96. The first kappa shape index (κ1) is 14.5. The Labute approximate surface area is 100 Å².